The topological polar surface area (TPSA) is 48.7 Å². The molecule has 1 heterocycles. The monoisotopic (exact) mass is 338 g/mol. The van der Waals surface area contributed by atoms with Crippen molar-refractivity contribution in [3.63, 3.8) is 0 Å². The molecule has 1 aromatic heterocycles. The summed E-state index contributed by atoms with van der Waals surface area (Å²) in [6.45, 7) is 6.10. The molecule has 4 heteroatoms. The number of hydrogen-bond donors (Lipinski definition) is 0. The second-order valence-corrected chi connectivity index (χ2v) is 6.33. The van der Waals surface area contributed by atoms with Crippen LogP contribution < -0.4 is 14.9 Å². The molecule has 0 saturated carbocycles. The van der Waals surface area contributed by atoms with E-state index in [1.807, 2.05) is 13.0 Å². The highest BCUT2D eigenvalue weighted by molar-refractivity contribution is 5.97. The third-order valence-corrected chi connectivity index (χ3v) is 4.38. The first-order valence-corrected chi connectivity index (χ1v) is 8.21. The summed E-state index contributed by atoms with van der Waals surface area (Å²) in [5, 5.41) is 0.966. The number of allylic oxidation sites excluding steroid dienone is 2. The molecule has 0 aliphatic carbocycles. The molecule has 0 aliphatic rings. The smallest absolute Gasteiger partial charge is 0.204 e. The molecule has 0 saturated heterocycles. The maximum Gasteiger partial charge on any atom is 0.204 e. The van der Waals surface area contributed by atoms with Gasteiger partial charge in [0.05, 0.1) is 19.6 Å². The first kappa shape index (κ1) is 17.1. The minimum atomic E-state index is -0.106. The molecule has 0 atom stereocenters. The Bertz CT molecular complexity index is 1040. The van der Waals surface area contributed by atoms with Crippen LogP contribution in [0.25, 0.3) is 21.9 Å². The lowest BCUT2D eigenvalue weighted by Gasteiger charge is -2.13. The van der Waals surface area contributed by atoms with Crippen LogP contribution in [0.4, 0.5) is 0 Å². The number of fused-ring (bicyclic) bond motifs is 2. The number of aryl methyl sites for hydroxylation is 1. The van der Waals surface area contributed by atoms with Gasteiger partial charge in [0.25, 0.3) is 0 Å². The second-order valence-electron chi connectivity index (χ2n) is 6.33. The number of ether oxygens (including phenoxy) is 2. The van der Waals surface area contributed by atoms with E-state index >= 15 is 0 Å². The van der Waals surface area contributed by atoms with Crippen molar-refractivity contribution in [2.75, 3.05) is 14.2 Å². The molecular weight excluding hydrogens is 316 g/mol. The van der Waals surface area contributed by atoms with Crippen LogP contribution in [0.1, 0.15) is 25.0 Å². The predicted octanol–water partition coefficient (Wildman–Crippen LogP) is 4.78. The normalized spacial score (nSPS) is 10.9. The Morgan fingerprint density at radius 2 is 1.84 bits per heavy atom. The largest absolute Gasteiger partial charge is 0.496 e. The first-order valence-electron chi connectivity index (χ1n) is 8.21. The van der Waals surface area contributed by atoms with Gasteiger partial charge in [0.1, 0.15) is 16.7 Å². The SMILES string of the molecule is COc1cccc2c(=O)c3c(OC)cc(C)c(CC=C(C)C)c3oc12. The van der Waals surface area contributed by atoms with Gasteiger partial charge in [-0.2, -0.15) is 0 Å². The van der Waals surface area contributed by atoms with Gasteiger partial charge >= 0.3 is 0 Å². The third kappa shape index (κ3) is 2.88. The van der Waals surface area contributed by atoms with Gasteiger partial charge in [0.2, 0.25) is 5.43 Å². The Hall–Kier alpha value is -2.75. The fourth-order valence-electron chi connectivity index (χ4n) is 3.04. The maximum atomic E-state index is 13.1. The zero-order chi connectivity index (χ0) is 18.1. The number of hydrogen-bond acceptors (Lipinski definition) is 4. The Morgan fingerprint density at radius 1 is 1.12 bits per heavy atom. The first-order chi connectivity index (χ1) is 12.0. The lowest BCUT2D eigenvalue weighted by Crippen LogP contribution is -2.07. The molecule has 0 aliphatic heterocycles. The highest BCUT2D eigenvalue weighted by Crippen LogP contribution is 2.34. The summed E-state index contributed by atoms with van der Waals surface area (Å²) in [4.78, 5) is 13.1. The summed E-state index contributed by atoms with van der Waals surface area (Å²) in [5.41, 5.74) is 4.15. The summed E-state index contributed by atoms with van der Waals surface area (Å²) >= 11 is 0. The van der Waals surface area contributed by atoms with Crippen molar-refractivity contribution in [1.29, 1.82) is 0 Å². The van der Waals surface area contributed by atoms with E-state index < -0.39 is 0 Å². The number of benzene rings is 2. The minimum absolute atomic E-state index is 0.106. The van der Waals surface area contributed by atoms with Gasteiger partial charge in [0, 0.05) is 5.56 Å². The quantitative estimate of drug-likeness (QED) is 0.507. The van der Waals surface area contributed by atoms with Gasteiger partial charge in [-0.25, -0.2) is 0 Å². The van der Waals surface area contributed by atoms with Crippen molar-refractivity contribution >= 4 is 21.9 Å². The Kier molecular flexibility index (Phi) is 4.53. The van der Waals surface area contributed by atoms with Crippen LogP contribution in [0.3, 0.4) is 0 Å². The lowest BCUT2D eigenvalue weighted by atomic mass is 9.99. The molecule has 0 bridgehead atoms. The van der Waals surface area contributed by atoms with E-state index in [-0.39, 0.29) is 5.43 Å². The Morgan fingerprint density at radius 3 is 2.48 bits per heavy atom. The molecule has 3 rings (SSSR count). The van der Waals surface area contributed by atoms with Gasteiger partial charge < -0.3 is 13.9 Å². The van der Waals surface area contributed by atoms with E-state index in [1.165, 1.54) is 5.57 Å². The van der Waals surface area contributed by atoms with Crippen LogP contribution in [0.15, 0.2) is 45.1 Å². The van der Waals surface area contributed by atoms with Crippen molar-refractivity contribution in [2.24, 2.45) is 0 Å². The predicted molar refractivity (Wildman–Crippen MR) is 101 cm³/mol. The van der Waals surface area contributed by atoms with E-state index in [0.29, 0.717) is 39.9 Å². The van der Waals surface area contributed by atoms with Gasteiger partial charge in [-0.1, -0.05) is 17.7 Å². The maximum absolute atomic E-state index is 13.1. The average molecular weight is 338 g/mol. The fraction of sp³-hybridized carbons (Fsp3) is 0.286. The van der Waals surface area contributed by atoms with Crippen molar-refractivity contribution < 1.29 is 13.9 Å². The van der Waals surface area contributed by atoms with Gasteiger partial charge in [-0.05, 0) is 51.0 Å². The molecular formula is C21H22O4. The molecule has 0 N–H and O–H groups in total. The summed E-state index contributed by atoms with van der Waals surface area (Å²) in [5.74, 6) is 1.08. The molecule has 2 aromatic carbocycles. The average Bonchev–Trinajstić information content (AvgIpc) is 2.59. The molecule has 25 heavy (non-hydrogen) atoms. The fourth-order valence-corrected chi connectivity index (χ4v) is 3.04. The van der Waals surface area contributed by atoms with E-state index in [4.69, 9.17) is 13.9 Å². The Balaban J connectivity index is 2.50. The summed E-state index contributed by atoms with van der Waals surface area (Å²) in [6.07, 6.45) is 2.82. The van der Waals surface area contributed by atoms with Crippen LogP contribution in [0, 0.1) is 6.92 Å². The number of methoxy groups -OCH3 is 2. The minimum Gasteiger partial charge on any atom is -0.496 e. The van der Waals surface area contributed by atoms with Gasteiger partial charge in [-0.3, -0.25) is 4.79 Å². The third-order valence-electron chi connectivity index (χ3n) is 4.38. The van der Waals surface area contributed by atoms with Gasteiger partial charge in [0.15, 0.2) is 11.3 Å². The van der Waals surface area contributed by atoms with Crippen LogP contribution >= 0.6 is 0 Å². The molecule has 0 amide bonds. The van der Waals surface area contributed by atoms with Gasteiger partial charge in [-0.15, -0.1) is 0 Å². The molecule has 3 aromatic rings. The Labute approximate surface area is 146 Å². The highest BCUT2D eigenvalue weighted by Gasteiger charge is 2.19. The van der Waals surface area contributed by atoms with E-state index in [0.717, 1.165) is 11.1 Å². The van der Waals surface area contributed by atoms with Crippen molar-refractivity contribution in [3.8, 4) is 11.5 Å². The summed E-state index contributed by atoms with van der Waals surface area (Å²) in [7, 11) is 3.14. The van der Waals surface area contributed by atoms with Crippen molar-refractivity contribution in [1.82, 2.24) is 0 Å². The van der Waals surface area contributed by atoms with Crippen LogP contribution in [0.2, 0.25) is 0 Å². The van der Waals surface area contributed by atoms with E-state index in [1.54, 1.807) is 32.4 Å². The molecule has 0 radical (unpaired) electrons. The summed E-state index contributed by atoms with van der Waals surface area (Å²) in [6, 6.07) is 7.23. The summed E-state index contributed by atoms with van der Waals surface area (Å²) < 4.78 is 17.1. The molecule has 4 nitrogen and oxygen atoms in total. The van der Waals surface area contributed by atoms with Crippen LogP contribution in [0.5, 0.6) is 11.5 Å². The number of para-hydroxylation sites is 1. The number of rotatable bonds is 4. The van der Waals surface area contributed by atoms with Crippen molar-refractivity contribution in [2.45, 2.75) is 27.2 Å². The van der Waals surface area contributed by atoms with E-state index in [2.05, 4.69) is 19.9 Å². The standard InChI is InChI=1S/C21H22O4/c1-12(2)9-10-14-13(3)11-17(24-5)18-19(22)15-7-6-8-16(23-4)20(15)25-21(14)18/h6-9,11H,10H2,1-5H3. The lowest BCUT2D eigenvalue weighted by molar-refractivity contribution is 0.410. The zero-order valence-electron chi connectivity index (χ0n) is 15.2. The molecule has 0 unspecified atom stereocenters. The van der Waals surface area contributed by atoms with Crippen LogP contribution in [-0.2, 0) is 6.42 Å². The van der Waals surface area contributed by atoms with Crippen molar-refractivity contribution in [3.05, 3.63) is 57.3 Å². The molecule has 0 spiro atoms. The molecule has 130 valence electrons. The molecule has 0 fully saturated rings. The highest BCUT2D eigenvalue weighted by atomic mass is 16.5. The van der Waals surface area contributed by atoms with Crippen LogP contribution in [-0.4, -0.2) is 14.2 Å². The van der Waals surface area contributed by atoms with E-state index in [9.17, 15) is 4.79 Å². The zero-order valence-corrected chi connectivity index (χ0v) is 15.2. The second kappa shape index (κ2) is 6.63.